The average molecular weight is 505 g/mol. The molecule has 0 bridgehead atoms. The Bertz CT molecular complexity index is 1600. The number of fused-ring (bicyclic) bond motifs is 3. The van der Waals surface area contributed by atoms with Gasteiger partial charge in [0, 0.05) is 22.9 Å². The summed E-state index contributed by atoms with van der Waals surface area (Å²) in [6, 6.07) is 25.0. The molecule has 1 aliphatic rings. The maximum Gasteiger partial charge on any atom is 0.216 e. The van der Waals surface area contributed by atoms with Gasteiger partial charge in [0.2, 0.25) is 5.69 Å². The number of furan rings is 1. The molecule has 0 saturated heterocycles. The van der Waals surface area contributed by atoms with Crippen LogP contribution in [0.5, 0.6) is 0 Å². The van der Waals surface area contributed by atoms with E-state index in [0.29, 0.717) is 0 Å². The highest BCUT2D eigenvalue weighted by Gasteiger charge is 2.29. The zero-order valence-electron chi connectivity index (χ0n) is 22.9. The van der Waals surface area contributed by atoms with E-state index in [9.17, 15) is 0 Å². The van der Waals surface area contributed by atoms with Gasteiger partial charge in [0.05, 0.1) is 13.6 Å². The molecule has 0 N–H and O–H groups in total. The molecule has 2 aromatic heterocycles. The summed E-state index contributed by atoms with van der Waals surface area (Å²) in [5, 5.41) is 3.86. The lowest BCUT2D eigenvalue weighted by molar-refractivity contribution is -0.660. The predicted molar refractivity (Wildman–Crippen MR) is 159 cm³/mol. The van der Waals surface area contributed by atoms with Crippen LogP contribution in [0.2, 0.25) is 19.6 Å². The van der Waals surface area contributed by atoms with Gasteiger partial charge in [0.1, 0.15) is 18.2 Å². The van der Waals surface area contributed by atoms with E-state index >= 15 is 0 Å². The van der Waals surface area contributed by atoms with E-state index < -0.39 is 8.07 Å². The van der Waals surface area contributed by atoms with Gasteiger partial charge in [-0.1, -0.05) is 81.4 Å². The van der Waals surface area contributed by atoms with Crippen LogP contribution in [-0.4, -0.2) is 8.07 Å². The Morgan fingerprint density at radius 1 is 0.784 bits per heavy atom. The highest BCUT2D eigenvalue weighted by atomic mass is 28.3. The first-order valence-electron chi connectivity index (χ1n) is 13.9. The van der Waals surface area contributed by atoms with Gasteiger partial charge in [-0.05, 0) is 65.3 Å². The quantitative estimate of drug-likeness (QED) is 0.177. The molecule has 1 fully saturated rings. The molecule has 0 aliphatic heterocycles. The number of hydrogen-bond donors (Lipinski definition) is 0. The molecule has 0 radical (unpaired) electrons. The molecule has 3 aromatic carbocycles. The maximum absolute atomic E-state index is 6.93. The maximum atomic E-state index is 6.93. The summed E-state index contributed by atoms with van der Waals surface area (Å²) in [7, 11) is 0.356. The van der Waals surface area contributed by atoms with E-state index in [0.717, 1.165) is 17.1 Å². The minimum absolute atomic E-state index is 0.734. The van der Waals surface area contributed by atoms with Crippen LogP contribution in [0.15, 0.2) is 77.3 Å². The Morgan fingerprint density at radius 2 is 1.49 bits per heavy atom. The Morgan fingerprint density at radius 3 is 2.19 bits per heavy atom. The molecule has 0 spiro atoms. The number of rotatable bonds is 4. The van der Waals surface area contributed by atoms with Crippen LogP contribution in [0.3, 0.4) is 0 Å². The predicted octanol–water partition coefficient (Wildman–Crippen LogP) is 8.65. The van der Waals surface area contributed by atoms with Crippen molar-refractivity contribution in [2.75, 3.05) is 0 Å². The number of nitrogens with zero attached hydrogens (tertiary/aromatic N) is 1. The fourth-order valence-corrected chi connectivity index (χ4v) is 8.36. The summed E-state index contributed by atoms with van der Waals surface area (Å²) in [4.78, 5) is 0. The minimum Gasteiger partial charge on any atom is -0.455 e. The number of benzene rings is 3. The van der Waals surface area contributed by atoms with Gasteiger partial charge in [-0.2, -0.15) is 0 Å². The van der Waals surface area contributed by atoms with Crippen molar-refractivity contribution in [1.29, 1.82) is 0 Å². The van der Waals surface area contributed by atoms with Crippen LogP contribution in [-0.2, 0) is 7.05 Å². The fraction of sp³-hybridized carbons (Fsp3) is 0.324. The number of aromatic nitrogens is 1. The monoisotopic (exact) mass is 504 g/mol. The van der Waals surface area contributed by atoms with Crippen molar-refractivity contribution in [3.63, 3.8) is 0 Å². The minimum atomic E-state index is -1.75. The Labute approximate surface area is 222 Å². The second-order valence-corrected chi connectivity index (χ2v) is 17.0. The first-order valence-corrected chi connectivity index (χ1v) is 17.4. The lowest BCUT2D eigenvalue weighted by Crippen LogP contribution is -2.39. The SMILES string of the molecule is Cc1ccc2c(oc3c([Si](C)(C)C)c(-c4ccc(C5CCCCC5)cc4)ccc32)c1-c1cccc[n+]1C. The standard InChI is InChI=1S/C34H38NOSi/c1-23-14-19-28-29-21-20-27(26-17-15-25(16-18-26)24-11-7-6-8-12-24)34(37(3,4)5)33(29)36-32(28)31(23)30-13-9-10-22-35(30)2/h9-10,13-22,24H,6-8,11-12H2,1-5H3/q+1. The van der Waals surface area contributed by atoms with Gasteiger partial charge in [-0.3, -0.25) is 0 Å². The third kappa shape index (κ3) is 4.23. The first-order chi connectivity index (χ1) is 17.8. The summed E-state index contributed by atoms with van der Waals surface area (Å²) >= 11 is 0. The molecule has 1 aliphatic carbocycles. The number of hydrogen-bond acceptors (Lipinski definition) is 1. The number of pyridine rings is 1. The van der Waals surface area contributed by atoms with Crippen molar-refractivity contribution < 1.29 is 8.98 Å². The molecule has 2 nitrogen and oxygen atoms in total. The third-order valence-corrected chi connectivity index (χ3v) is 10.4. The van der Waals surface area contributed by atoms with Gasteiger partial charge >= 0.3 is 0 Å². The van der Waals surface area contributed by atoms with Crippen LogP contribution in [0, 0.1) is 6.92 Å². The molecule has 0 amide bonds. The Kier molecular flexibility index (Phi) is 6.07. The van der Waals surface area contributed by atoms with Crippen molar-refractivity contribution in [2.24, 2.45) is 7.05 Å². The van der Waals surface area contributed by atoms with Crippen molar-refractivity contribution in [2.45, 2.75) is 64.6 Å². The highest BCUT2D eigenvalue weighted by Crippen LogP contribution is 2.39. The number of aryl methyl sites for hydroxylation is 2. The molecule has 3 heteroatoms. The summed E-state index contributed by atoms with van der Waals surface area (Å²) in [5.74, 6) is 0.734. The lowest BCUT2D eigenvalue weighted by atomic mass is 9.83. The molecule has 0 atom stereocenters. The van der Waals surface area contributed by atoms with E-state index in [1.165, 1.54) is 81.6 Å². The van der Waals surface area contributed by atoms with Gasteiger partial charge in [0.15, 0.2) is 6.20 Å². The average Bonchev–Trinajstić information content (AvgIpc) is 3.27. The second kappa shape index (κ2) is 9.29. The molecule has 188 valence electrons. The van der Waals surface area contributed by atoms with Crippen molar-refractivity contribution in [3.05, 3.63) is 84.1 Å². The Hall–Kier alpha value is -3.17. The summed E-state index contributed by atoms with van der Waals surface area (Å²) < 4.78 is 9.12. The van der Waals surface area contributed by atoms with Gasteiger partial charge in [-0.25, -0.2) is 4.57 Å². The lowest BCUT2D eigenvalue weighted by Gasteiger charge is -2.23. The van der Waals surface area contributed by atoms with Gasteiger partial charge in [-0.15, -0.1) is 0 Å². The molecule has 1 saturated carbocycles. The van der Waals surface area contributed by atoms with Crippen LogP contribution in [0.25, 0.3) is 44.3 Å². The molecule has 0 unspecified atom stereocenters. The third-order valence-electron chi connectivity index (χ3n) is 8.38. The van der Waals surface area contributed by atoms with Gasteiger partial charge < -0.3 is 4.42 Å². The van der Waals surface area contributed by atoms with E-state index in [-0.39, 0.29) is 0 Å². The van der Waals surface area contributed by atoms with Crippen LogP contribution in [0.4, 0.5) is 0 Å². The summed E-state index contributed by atoms with van der Waals surface area (Å²) in [6.45, 7) is 9.52. The smallest absolute Gasteiger partial charge is 0.216 e. The van der Waals surface area contributed by atoms with Crippen molar-refractivity contribution in [3.8, 4) is 22.4 Å². The molecule has 6 rings (SSSR count). The van der Waals surface area contributed by atoms with Crippen molar-refractivity contribution in [1.82, 2.24) is 0 Å². The topological polar surface area (TPSA) is 17.0 Å². The highest BCUT2D eigenvalue weighted by molar-refractivity contribution is 6.91. The molecule has 37 heavy (non-hydrogen) atoms. The van der Waals surface area contributed by atoms with Crippen LogP contribution in [0.1, 0.15) is 49.1 Å². The van der Waals surface area contributed by atoms with E-state index in [1.807, 2.05) is 0 Å². The first kappa shape index (κ1) is 24.2. The molecule has 2 heterocycles. The van der Waals surface area contributed by atoms with Crippen molar-refractivity contribution >= 4 is 35.2 Å². The zero-order chi connectivity index (χ0) is 25.7. The Balaban J connectivity index is 1.56. The molecular weight excluding hydrogens is 466 g/mol. The summed E-state index contributed by atoms with van der Waals surface area (Å²) in [5.41, 5.74) is 9.85. The largest absolute Gasteiger partial charge is 0.455 e. The molecular formula is C34H38NOSi+. The second-order valence-electron chi connectivity index (χ2n) is 12.0. The summed E-state index contributed by atoms with van der Waals surface area (Å²) in [6.07, 6.45) is 8.93. The zero-order valence-corrected chi connectivity index (χ0v) is 23.9. The van der Waals surface area contributed by atoms with E-state index in [2.05, 4.69) is 111 Å². The molecule has 5 aromatic rings. The van der Waals surface area contributed by atoms with Crippen LogP contribution < -0.4 is 9.75 Å². The van der Waals surface area contributed by atoms with Crippen LogP contribution >= 0.6 is 0 Å². The fourth-order valence-electron chi connectivity index (χ4n) is 6.46. The van der Waals surface area contributed by atoms with E-state index in [4.69, 9.17) is 4.42 Å². The van der Waals surface area contributed by atoms with E-state index in [1.54, 1.807) is 0 Å². The van der Waals surface area contributed by atoms with Gasteiger partial charge in [0.25, 0.3) is 0 Å². The normalized spacial score (nSPS) is 15.1.